The first kappa shape index (κ1) is 15.6. The standard InChI is InChI=1S/C21H13ClO3/c1-12-6-7-13(10-18(12)22)19-9-8-14(25-19)11-17-20(23)15-4-2-3-5-16(15)21(17)24/h2-11H,1H3. The van der Waals surface area contributed by atoms with E-state index in [1.807, 2.05) is 25.1 Å². The lowest BCUT2D eigenvalue weighted by atomic mass is 10.1. The molecule has 0 bridgehead atoms. The van der Waals surface area contributed by atoms with Crippen LogP contribution in [0.2, 0.25) is 5.02 Å². The number of furan rings is 1. The number of halogens is 1. The van der Waals surface area contributed by atoms with Gasteiger partial charge in [0.05, 0.1) is 5.57 Å². The molecule has 0 saturated heterocycles. The van der Waals surface area contributed by atoms with Gasteiger partial charge in [-0.05, 0) is 36.8 Å². The average Bonchev–Trinajstić information content (AvgIpc) is 3.17. The minimum atomic E-state index is -0.267. The van der Waals surface area contributed by atoms with Crippen molar-refractivity contribution in [2.24, 2.45) is 0 Å². The second-order valence-electron chi connectivity index (χ2n) is 5.93. The van der Waals surface area contributed by atoms with Crippen LogP contribution in [0.4, 0.5) is 0 Å². The van der Waals surface area contributed by atoms with Crippen molar-refractivity contribution in [2.45, 2.75) is 6.92 Å². The van der Waals surface area contributed by atoms with Gasteiger partial charge in [-0.1, -0.05) is 48.0 Å². The van der Waals surface area contributed by atoms with Crippen LogP contribution in [0.15, 0.2) is 64.6 Å². The monoisotopic (exact) mass is 348 g/mol. The Morgan fingerprint density at radius 3 is 2.24 bits per heavy atom. The zero-order valence-corrected chi connectivity index (χ0v) is 14.1. The molecule has 2 aromatic carbocycles. The topological polar surface area (TPSA) is 47.3 Å². The summed E-state index contributed by atoms with van der Waals surface area (Å²) in [5, 5.41) is 0.658. The Hall–Kier alpha value is -2.91. The van der Waals surface area contributed by atoms with Gasteiger partial charge in [-0.25, -0.2) is 0 Å². The first-order valence-electron chi connectivity index (χ1n) is 7.81. The molecule has 0 aliphatic heterocycles. The summed E-state index contributed by atoms with van der Waals surface area (Å²) >= 11 is 6.15. The summed E-state index contributed by atoms with van der Waals surface area (Å²) in [6, 6.07) is 16.0. The van der Waals surface area contributed by atoms with Crippen molar-refractivity contribution in [1.29, 1.82) is 0 Å². The molecule has 0 spiro atoms. The highest BCUT2D eigenvalue weighted by molar-refractivity contribution is 6.41. The van der Waals surface area contributed by atoms with Crippen LogP contribution < -0.4 is 0 Å². The lowest BCUT2D eigenvalue weighted by molar-refractivity contribution is 0.0990. The van der Waals surface area contributed by atoms with Crippen LogP contribution in [0, 0.1) is 6.92 Å². The smallest absolute Gasteiger partial charge is 0.197 e. The molecule has 1 aliphatic carbocycles. The average molecular weight is 349 g/mol. The summed E-state index contributed by atoms with van der Waals surface area (Å²) in [6.45, 7) is 1.93. The van der Waals surface area contributed by atoms with E-state index in [0.717, 1.165) is 11.1 Å². The fraction of sp³-hybridized carbons (Fsp3) is 0.0476. The number of fused-ring (bicyclic) bond motifs is 1. The van der Waals surface area contributed by atoms with E-state index in [1.54, 1.807) is 36.4 Å². The van der Waals surface area contributed by atoms with E-state index in [9.17, 15) is 9.59 Å². The number of hydrogen-bond donors (Lipinski definition) is 0. The molecule has 1 aliphatic rings. The zero-order valence-electron chi connectivity index (χ0n) is 13.4. The van der Waals surface area contributed by atoms with Crippen molar-refractivity contribution in [2.75, 3.05) is 0 Å². The summed E-state index contributed by atoms with van der Waals surface area (Å²) in [5.41, 5.74) is 2.84. The van der Waals surface area contributed by atoms with Crippen molar-refractivity contribution >= 4 is 29.2 Å². The number of benzene rings is 2. The molecule has 0 amide bonds. The molecule has 3 aromatic rings. The first-order chi connectivity index (χ1) is 12.0. The summed E-state index contributed by atoms with van der Waals surface area (Å²) in [7, 11) is 0. The van der Waals surface area contributed by atoms with Crippen molar-refractivity contribution < 1.29 is 14.0 Å². The highest BCUT2D eigenvalue weighted by Gasteiger charge is 2.32. The third-order valence-electron chi connectivity index (χ3n) is 4.28. The Morgan fingerprint density at radius 1 is 0.920 bits per heavy atom. The van der Waals surface area contributed by atoms with Gasteiger partial charge in [-0.2, -0.15) is 0 Å². The molecular weight excluding hydrogens is 336 g/mol. The Bertz CT molecular complexity index is 1020. The van der Waals surface area contributed by atoms with Crippen molar-refractivity contribution in [3.63, 3.8) is 0 Å². The fourth-order valence-corrected chi connectivity index (χ4v) is 3.06. The Balaban J connectivity index is 1.70. The molecule has 4 heteroatoms. The Kier molecular flexibility index (Phi) is 3.66. The lowest BCUT2D eigenvalue weighted by Gasteiger charge is -2.01. The molecule has 1 heterocycles. The minimum absolute atomic E-state index is 0.129. The number of allylic oxidation sites excluding steroid dienone is 1. The molecule has 122 valence electrons. The van der Waals surface area contributed by atoms with Crippen LogP contribution in [0.1, 0.15) is 32.0 Å². The predicted molar refractivity (Wildman–Crippen MR) is 97.0 cm³/mol. The molecule has 0 radical (unpaired) electrons. The summed E-state index contributed by atoms with van der Waals surface area (Å²) in [6.07, 6.45) is 1.50. The molecule has 4 rings (SSSR count). The van der Waals surface area contributed by atoms with Crippen LogP contribution in [0.3, 0.4) is 0 Å². The normalized spacial score (nSPS) is 13.3. The van der Waals surface area contributed by atoms with E-state index in [1.165, 1.54) is 6.08 Å². The summed E-state index contributed by atoms with van der Waals surface area (Å²) < 4.78 is 5.78. The minimum Gasteiger partial charge on any atom is -0.457 e. The van der Waals surface area contributed by atoms with Gasteiger partial charge in [-0.15, -0.1) is 0 Å². The second kappa shape index (κ2) is 5.87. The number of carbonyl (C=O) groups excluding carboxylic acids is 2. The van der Waals surface area contributed by atoms with E-state index in [2.05, 4.69) is 0 Å². The van der Waals surface area contributed by atoms with Crippen molar-refractivity contribution in [3.05, 3.63) is 87.6 Å². The largest absolute Gasteiger partial charge is 0.457 e. The van der Waals surface area contributed by atoms with Crippen LogP contribution in [-0.2, 0) is 0 Å². The third-order valence-corrected chi connectivity index (χ3v) is 4.68. The van der Waals surface area contributed by atoms with Crippen molar-refractivity contribution in [3.8, 4) is 11.3 Å². The van der Waals surface area contributed by atoms with Crippen LogP contribution >= 0.6 is 11.6 Å². The molecular formula is C21H13ClO3. The maximum atomic E-state index is 12.4. The summed E-state index contributed by atoms with van der Waals surface area (Å²) in [5.74, 6) is 0.550. The highest BCUT2D eigenvalue weighted by atomic mass is 35.5. The molecule has 0 atom stereocenters. The van der Waals surface area contributed by atoms with Gasteiger partial charge in [0, 0.05) is 21.7 Å². The van der Waals surface area contributed by atoms with Crippen LogP contribution in [0.5, 0.6) is 0 Å². The number of rotatable bonds is 2. The lowest BCUT2D eigenvalue weighted by Crippen LogP contribution is -1.99. The molecule has 25 heavy (non-hydrogen) atoms. The van der Waals surface area contributed by atoms with E-state index < -0.39 is 0 Å². The van der Waals surface area contributed by atoms with E-state index in [-0.39, 0.29) is 17.1 Å². The third kappa shape index (κ3) is 2.63. The SMILES string of the molecule is Cc1ccc(-c2ccc(C=C3C(=O)c4ccccc4C3=O)o2)cc1Cl. The van der Waals surface area contributed by atoms with Gasteiger partial charge >= 0.3 is 0 Å². The molecule has 0 saturated carbocycles. The second-order valence-corrected chi connectivity index (χ2v) is 6.34. The van der Waals surface area contributed by atoms with Gasteiger partial charge in [-0.3, -0.25) is 9.59 Å². The number of carbonyl (C=O) groups is 2. The van der Waals surface area contributed by atoms with Gasteiger partial charge < -0.3 is 4.42 Å². The van der Waals surface area contributed by atoms with E-state index in [4.69, 9.17) is 16.0 Å². The predicted octanol–water partition coefficient (Wildman–Crippen LogP) is 5.37. The van der Waals surface area contributed by atoms with E-state index >= 15 is 0 Å². The van der Waals surface area contributed by atoms with Crippen LogP contribution in [0.25, 0.3) is 17.4 Å². The van der Waals surface area contributed by atoms with Gasteiger partial charge in [0.1, 0.15) is 11.5 Å². The molecule has 0 unspecified atom stereocenters. The number of aryl methyl sites for hydroxylation is 1. The van der Waals surface area contributed by atoms with Crippen LogP contribution in [-0.4, -0.2) is 11.6 Å². The summed E-state index contributed by atoms with van der Waals surface area (Å²) in [4.78, 5) is 24.8. The molecule has 3 nitrogen and oxygen atoms in total. The van der Waals surface area contributed by atoms with E-state index in [0.29, 0.717) is 27.7 Å². The number of hydrogen-bond acceptors (Lipinski definition) is 3. The fourth-order valence-electron chi connectivity index (χ4n) is 2.88. The maximum Gasteiger partial charge on any atom is 0.197 e. The number of ketones is 2. The zero-order chi connectivity index (χ0) is 17.6. The maximum absolute atomic E-state index is 12.4. The quantitative estimate of drug-likeness (QED) is 0.462. The molecule has 1 aromatic heterocycles. The van der Waals surface area contributed by atoms with Gasteiger partial charge in [0.15, 0.2) is 11.6 Å². The molecule has 0 fully saturated rings. The first-order valence-corrected chi connectivity index (χ1v) is 8.19. The number of Topliss-reactive ketones (excluding diaryl/α,β-unsaturated/α-hetero) is 2. The highest BCUT2D eigenvalue weighted by Crippen LogP contribution is 2.30. The van der Waals surface area contributed by atoms with Crippen molar-refractivity contribution in [1.82, 2.24) is 0 Å². The Morgan fingerprint density at radius 2 is 1.60 bits per heavy atom. The van der Waals surface area contributed by atoms with Gasteiger partial charge in [0.25, 0.3) is 0 Å². The Labute approximate surface area is 149 Å². The molecule has 0 N–H and O–H groups in total. The van der Waals surface area contributed by atoms with Gasteiger partial charge in [0.2, 0.25) is 0 Å².